The van der Waals surface area contributed by atoms with Gasteiger partial charge in [-0.05, 0) is 48.6 Å². The van der Waals surface area contributed by atoms with Crippen molar-refractivity contribution >= 4 is 0 Å². The fourth-order valence-corrected chi connectivity index (χ4v) is 3.57. The van der Waals surface area contributed by atoms with Crippen molar-refractivity contribution in [2.24, 2.45) is 7.05 Å². The average Bonchev–Trinajstić information content (AvgIpc) is 2.78. The van der Waals surface area contributed by atoms with Gasteiger partial charge in [-0.2, -0.15) is 9.97 Å². The molecule has 4 rings (SSSR count). The summed E-state index contributed by atoms with van der Waals surface area (Å²) in [4.78, 5) is 20.9. The molecule has 0 amide bonds. The van der Waals surface area contributed by atoms with E-state index in [2.05, 4.69) is 29.0 Å². The van der Waals surface area contributed by atoms with Crippen LogP contribution in [-0.4, -0.2) is 14.5 Å². The van der Waals surface area contributed by atoms with Gasteiger partial charge in [0, 0.05) is 30.6 Å². The summed E-state index contributed by atoms with van der Waals surface area (Å²) in [6, 6.07) is 20.1. The van der Waals surface area contributed by atoms with E-state index in [1.54, 1.807) is 38.4 Å². The first-order valence-corrected chi connectivity index (χ1v) is 10.4. The Bertz CT molecular complexity index is 1280. The molecular weight excluding hydrogens is 405 g/mol. The van der Waals surface area contributed by atoms with E-state index in [4.69, 9.17) is 4.74 Å². The predicted molar refractivity (Wildman–Crippen MR) is 122 cm³/mol. The smallest absolute Gasteiger partial charge is 0.322 e. The van der Waals surface area contributed by atoms with Gasteiger partial charge >= 0.3 is 6.01 Å². The molecule has 0 aliphatic rings. The minimum Gasteiger partial charge on any atom is -0.421 e. The molecule has 2 aromatic carbocycles. The summed E-state index contributed by atoms with van der Waals surface area (Å²) in [5.74, 6) is -0.158. The van der Waals surface area contributed by atoms with Crippen LogP contribution in [-0.2, 0) is 13.5 Å². The molecule has 0 aliphatic carbocycles. The maximum Gasteiger partial charge on any atom is 0.322 e. The quantitative estimate of drug-likeness (QED) is 0.410. The molecule has 32 heavy (non-hydrogen) atoms. The molecule has 0 N–H and O–H groups in total. The summed E-state index contributed by atoms with van der Waals surface area (Å²) in [5, 5.41) is 0. The number of para-hydroxylation sites is 1. The second-order valence-corrected chi connectivity index (χ2v) is 7.90. The fraction of sp³-hybridized carbons (Fsp3) is 0.192. The molecule has 0 aliphatic heterocycles. The maximum absolute atomic E-state index is 14.4. The molecule has 162 valence electrons. The van der Waals surface area contributed by atoms with E-state index in [1.165, 1.54) is 22.3 Å². The molecule has 6 heteroatoms. The van der Waals surface area contributed by atoms with Crippen LogP contribution in [0.5, 0.6) is 11.8 Å². The van der Waals surface area contributed by atoms with Crippen LogP contribution in [0.1, 0.15) is 29.7 Å². The van der Waals surface area contributed by atoms with Crippen LogP contribution in [0.2, 0.25) is 0 Å². The van der Waals surface area contributed by atoms with Gasteiger partial charge in [0.05, 0.1) is 5.69 Å². The van der Waals surface area contributed by atoms with E-state index < -0.39 is 5.82 Å². The highest BCUT2D eigenvalue weighted by molar-refractivity contribution is 5.58. The van der Waals surface area contributed by atoms with Gasteiger partial charge in [-0.25, -0.2) is 4.39 Å². The Labute approximate surface area is 186 Å². The summed E-state index contributed by atoms with van der Waals surface area (Å²) in [5.41, 5.74) is 3.86. The highest BCUT2D eigenvalue weighted by atomic mass is 19.1. The summed E-state index contributed by atoms with van der Waals surface area (Å²) in [6.45, 7) is 3.90. The van der Waals surface area contributed by atoms with E-state index in [9.17, 15) is 9.18 Å². The van der Waals surface area contributed by atoms with E-state index in [-0.39, 0.29) is 23.2 Å². The number of hydrogen-bond donors (Lipinski definition) is 0. The number of pyridine rings is 1. The molecule has 2 heterocycles. The number of ether oxygens (including phenoxy) is 1. The lowest BCUT2D eigenvalue weighted by Crippen LogP contribution is -2.14. The van der Waals surface area contributed by atoms with E-state index in [0.29, 0.717) is 17.7 Å². The summed E-state index contributed by atoms with van der Waals surface area (Å²) in [7, 11) is 1.69. The molecule has 0 radical (unpaired) electrons. The van der Waals surface area contributed by atoms with Crippen LogP contribution < -0.4 is 10.3 Å². The second kappa shape index (κ2) is 9.14. The number of hydrogen-bond acceptors (Lipinski definition) is 4. The number of rotatable bonds is 6. The molecule has 0 spiro atoms. The Hall–Kier alpha value is -3.80. The number of aromatic nitrogens is 3. The molecule has 4 aromatic rings. The molecule has 1 atom stereocenters. The second-order valence-electron chi connectivity index (χ2n) is 7.90. The van der Waals surface area contributed by atoms with Crippen molar-refractivity contribution in [3.63, 3.8) is 0 Å². The van der Waals surface area contributed by atoms with Crippen LogP contribution in [0.25, 0.3) is 11.3 Å². The lowest BCUT2D eigenvalue weighted by atomic mass is 9.96. The maximum atomic E-state index is 14.4. The molecule has 2 aromatic heterocycles. The first kappa shape index (κ1) is 21.4. The van der Waals surface area contributed by atoms with E-state index in [1.807, 2.05) is 24.3 Å². The first-order valence-electron chi connectivity index (χ1n) is 10.4. The Morgan fingerprint density at radius 3 is 2.53 bits per heavy atom. The normalized spacial score (nSPS) is 11.9. The standard InChI is InChI=1S/C26H24FN3O2/c1-17-8-7-11-22(27)25(17)32-26-28-21(14-18(2)19-9-5-4-6-10-19)15-23(29-26)20-12-13-24(31)30(3)16-20/h4-13,15-16,18H,14H2,1-3H3/t18-/m0/s1. The van der Waals surface area contributed by atoms with Gasteiger partial charge in [-0.1, -0.05) is 49.4 Å². The third-order valence-electron chi connectivity index (χ3n) is 5.38. The Balaban J connectivity index is 1.75. The van der Waals surface area contributed by atoms with Crippen LogP contribution >= 0.6 is 0 Å². The number of nitrogens with zero attached hydrogens (tertiary/aromatic N) is 3. The Morgan fingerprint density at radius 2 is 1.81 bits per heavy atom. The highest BCUT2D eigenvalue weighted by Gasteiger charge is 2.15. The molecule has 0 bridgehead atoms. The van der Waals surface area contributed by atoms with Crippen molar-refractivity contribution in [2.45, 2.75) is 26.2 Å². The van der Waals surface area contributed by atoms with Gasteiger partial charge in [-0.15, -0.1) is 0 Å². The minimum atomic E-state index is -0.472. The van der Waals surface area contributed by atoms with Crippen LogP contribution in [0.4, 0.5) is 4.39 Å². The van der Waals surface area contributed by atoms with Gasteiger partial charge in [-0.3, -0.25) is 4.79 Å². The Morgan fingerprint density at radius 1 is 1.03 bits per heavy atom. The third kappa shape index (κ3) is 4.75. The molecule has 5 nitrogen and oxygen atoms in total. The van der Waals surface area contributed by atoms with Crippen molar-refractivity contribution in [3.8, 4) is 23.0 Å². The number of halogens is 1. The molecular formula is C26H24FN3O2. The SMILES string of the molecule is Cc1cccc(F)c1Oc1nc(C[C@H](C)c2ccccc2)cc(-c2ccc(=O)n(C)c2)n1. The molecule has 0 fully saturated rings. The van der Waals surface area contributed by atoms with E-state index >= 15 is 0 Å². The van der Waals surface area contributed by atoms with Gasteiger partial charge in [0.2, 0.25) is 5.56 Å². The van der Waals surface area contributed by atoms with Crippen molar-refractivity contribution in [1.29, 1.82) is 0 Å². The topological polar surface area (TPSA) is 57.0 Å². The van der Waals surface area contributed by atoms with Crippen LogP contribution in [0, 0.1) is 12.7 Å². The van der Waals surface area contributed by atoms with Gasteiger partial charge in [0.1, 0.15) is 0 Å². The highest BCUT2D eigenvalue weighted by Crippen LogP contribution is 2.29. The first-order chi connectivity index (χ1) is 15.4. The van der Waals surface area contributed by atoms with Crippen LogP contribution in [0.15, 0.2) is 77.7 Å². The van der Waals surface area contributed by atoms with Crippen molar-refractivity contribution in [2.75, 3.05) is 0 Å². The van der Waals surface area contributed by atoms with Gasteiger partial charge in [0.15, 0.2) is 11.6 Å². The minimum absolute atomic E-state index is 0.0693. The zero-order valence-electron chi connectivity index (χ0n) is 18.2. The fourth-order valence-electron chi connectivity index (χ4n) is 3.57. The number of aryl methyl sites for hydroxylation is 2. The largest absolute Gasteiger partial charge is 0.421 e. The third-order valence-corrected chi connectivity index (χ3v) is 5.38. The Kier molecular flexibility index (Phi) is 6.12. The summed E-state index contributed by atoms with van der Waals surface area (Å²) >= 11 is 0. The monoisotopic (exact) mass is 429 g/mol. The average molecular weight is 429 g/mol. The summed E-state index contributed by atoms with van der Waals surface area (Å²) < 4.78 is 21.7. The lowest BCUT2D eigenvalue weighted by Gasteiger charge is -2.14. The van der Waals surface area contributed by atoms with Crippen molar-refractivity contribution < 1.29 is 9.13 Å². The molecule has 0 saturated carbocycles. The van der Waals surface area contributed by atoms with Crippen LogP contribution in [0.3, 0.4) is 0 Å². The van der Waals surface area contributed by atoms with Crippen molar-refractivity contribution in [3.05, 3.63) is 106 Å². The van der Waals surface area contributed by atoms with E-state index in [0.717, 1.165) is 11.3 Å². The van der Waals surface area contributed by atoms with Gasteiger partial charge in [0.25, 0.3) is 0 Å². The molecule has 0 unspecified atom stereocenters. The predicted octanol–water partition coefficient (Wildman–Crippen LogP) is 5.43. The zero-order chi connectivity index (χ0) is 22.7. The zero-order valence-corrected chi connectivity index (χ0v) is 18.2. The van der Waals surface area contributed by atoms with Crippen molar-refractivity contribution in [1.82, 2.24) is 14.5 Å². The summed E-state index contributed by atoms with van der Waals surface area (Å²) in [6.07, 6.45) is 2.37. The number of benzene rings is 2. The van der Waals surface area contributed by atoms with Gasteiger partial charge < -0.3 is 9.30 Å². The lowest BCUT2D eigenvalue weighted by molar-refractivity contribution is 0.406. The molecule has 0 saturated heterocycles.